The van der Waals surface area contributed by atoms with E-state index in [-0.39, 0.29) is 18.6 Å². The maximum atomic E-state index is 13.0. The number of nitrogens with one attached hydrogen (secondary N) is 1. The molecule has 0 saturated carbocycles. The third-order valence-electron chi connectivity index (χ3n) is 4.89. The summed E-state index contributed by atoms with van der Waals surface area (Å²) in [6.45, 7) is 2.68. The van der Waals surface area contributed by atoms with Crippen molar-refractivity contribution in [2.45, 2.75) is 34.9 Å². The number of rotatable bonds is 6. The summed E-state index contributed by atoms with van der Waals surface area (Å²) >= 11 is 3.13. The van der Waals surface area contributed by atoms with Crippen molar-refractivity contribution in [3.05, 3.63) is 59.9 Å². The van der Waals surface area contributed by atoms with E-state index in [4.69, 9.17) is 0 Å². The number of anilines is 2. The summed E-state index contributed by atoms with van der Waals surface area (Å²) in [6.07, 6.45) is 5.36. The lowest BCUT2D eigenvalue weighted by Gasteiger charge is -2.24. The SMILES string of the molecule is Cc1ccc(Sc2cnc(Nc3ccccn3)s2)cc1C(=O)N1CCCC1CO. The van der Waals surface area contributed by atoms with Gasteiger partial charge >= 0.3 is 0 Å². The van der Waals surface area contributed by atoms with Crippen LogP contribution in [0.3, 0.4) is 0 Å². The third-order valence-corrected chi connectivity index (χ3v) is 6.89. The van der Waals surface area contributed by atoms with Crippen molar-refractivity contribution in [2.75, 3.05) is 18.5 Å². The number of aliphatic hydroxyl groups is 1. The van der Waals surface area contributed by atoms with Gasteiger partial charge in [-0.2, -0.15) is 0 Å². The number of aryl methyl sites for hydroxylation is 1. The predicted octanol–water partition coefficient (Wildman–Crippen LogP) is 4.34. The van der Waals surface area contributed by atoms with Crippen molar-refractivity contribution in [3.63, 3.8) is 0 Å². The lowest BCUT2D eigenvalue weighted by Crippen LogP contribution is -2.37. The smallest absolute Gasteiger partial charge is 0.254 e. The topological polar surface area (TPSA) is 78.4 Å². The first kappa shape index (κ1) is 19.9. The Morgan fingerprint density at radius 2 is 2.24 bits per heavy atom. The average molecular weight is 427 g/mol. The number of aromatic nitrogens is 2. The Morgan fingerprint density at radius 3 is 3.03 bits per heavy atom. The van der Waals surface area contributed by atoms with E-state index >= 15 is 0 Å². The Bertz CT molecular complexity index is 993. The van der Waals surface area contributed by atoms with Gasteiger partial charge in [0.1, 0.15) is 5.82 Å². The van der Waals surface area contributed by atoms with Gasteiger partial charge in [-0.1, -0.05) is 35.2 Å². The number of pyridine rings is 1. The van der Waals surface area contributed by atoms with E-state index in [2.05, 4.69) is 15.3 Å². The molecule has 0 aliphatic carbocycles. The second-order valence-corrected chi connectivity index (χ2v) is 9.28. The Morgan fingerprint density at radius 1 is 1.34 bits per heavy atom. The van der Waals surface area contributed by atoms with Crippen molar-refractivity contribution in [2.24, 2.45) is 0 Å². The number of hydrogen-bond donors (Lipinski definition) is 2. The standard InChI is InChI=1S/C21H22N4O2S2/c1-14-7-8-16(11-17(14)20(27)25-10-4-5-15(25)13-26)28-19-12-23-21(29-19)24-18-6-2-3-9-22-18/h2-3,6-9,11-12,15,26H,4-5,10,13H2,1H3,(H,22,23,24). The second-order valence-electron chi connectivity index (χ2n) is 6.88. The van der Waals surface area contributed by atoms with Gasteiger partial charge in [0.2, 0.25) is 0 Å². The molecule has 1 aliphatic rings. The van der Waals surface area contributed by atoms with Gasteiger partial charge in [0.25, 0.3) is 5.91 Å². The zero-order valence-corrected chi connectivity index (χ0v) is 17.7. The molecule has 1 atom stereocenters. The summed E-state index contributed by atoms with van der Waals surface area (Å²) < 4.78 is 1.03. The van der Waals surface area contributed by atoms with Gasteiger partial charge in [-0.3, -0.25) is 4.79 Å². The molecule has 0 spiro atoms. The Balaban J connectivity index is 1.49. The van der Waals surface area contributed by atoms with Crippen molar-refractivity contribution in [1.29, 1.82) is 0 Å². The molecular weight excluding hydrogens is 404 g/mol. The summed E-state index contributed by atoms with van der Waals surface area (Å²) in [5.41, 5.74) is 1.65. The van der Waals surface area contributed by atoms with Crippen LogP contribution in [0.25, 0.3) is 0 Å². The van der Waals surface area contributed by atoms with E-state index in [0.29, 0.717) is 12.1 Å². The van der Waals surface area contributed by atoms with Gasteiger partial charge in [-0.05, 0) is 49.6 Å². The molecule has 150 valence electrons. The Hall–Kier alpha value is -2.42. The summed E-state index contributed by atoms with van der Waals surface area (Å²) in [7, 11) is 0. The van der Waals surface area contributed by atoms with E-state index in [1.807, 2.05) is 49.5 Å². The van der Waals surface area contributed by atoms with Crippen LogP contribution in [-0.2, 0) is 0 Å². The molecule has 1 aromatic carbocycles. The van der Waals surface area contributed by atoms with Crippen LogP contribution in [0.2, 0.25) is 0 Å². The number of hydrogen-bond acceptors (Lipinski definition) is 7. The highest BCUT2D eigenvalue weighted by molar-refractivity contribution is 8.01. The Kier molecular flexibility index (Phi) is 6.13. The van der Waals surface area contributed by atoms with Crippen LogP contribution in [0.1, 0.15) is 28.8 Å². The number of benzene rings is 1. The molecule has 1 aliphatic heterocycles. The minimum atomic E-state index is -0.0695. The molecule has 3 aromatic rings. The number of thiazole rings is 1. The molecule has 0 radical (unpaired) electrons. The number of amides is 1. The summed E-state index contributed by atoms with van der Waals surface area (Å²) in [5, 5.41) is 13.5. The zero-order chi connectivity index (χ0) is 20.2. The van der Waals surface area contributed by atoms with E-state index in [0.717, 1.165) is 38.5 Å². The van der Waals surface area contributed by atoms with E-state index in [9.17, 15) is 9.90 Å². The number of nitrogens with zero attached hydrogens (tertiary/aromatic N) is 3. The summed E-state index contributed by atoms with van der Waals surface area (Å²) in [6, 6.07) is 11.6. The van der Waals surface area contributed by atoms with Crippen LogP contribution >= 0.6 is 23.1 Å². The molecule has 1 unspecified atom stereocenters. The highest BCUT2D eigenvalue weighted by atomic mass is 32.2. The van der Waals surface area contributed by atoms with Crippen molar-refractivity contribution >= 4 is 40.0 Å². The van der Waals surface area contributed by atoms with Crippen molar-refractivity contribution in [3.8, 4) is 0 Å². The monoisotopic (exact) mass is 426 g/mol. The third kappa shape index (κ3) is 4.60. The molecule has 1 fully saturated rings. The number of likely N-dealkylation sites (tertiary alicyclic amines) is 1. The van der Waals surface area contributed by atoms with Gasteiger partial charge in [0.05, 0.1) is 23.1 Å². The molecular formula is C21H22N4O2S2. The molecule has 8 heteroatoms. The fourth-order valence-corrected chi connectivity index (χ4v) is 5.27. The maximum Gasteiger partial charge on any atom is 0.254 e. The zero-order valence-electron chi connectivity index (χ0n) is 16.0. The molecule has 2 N–H and O–H groups in total. The highest BCUT2D eigenvalue weighted by Crippen LogP contribution is 2.36. The van der Waals surface area contributed by atoms with Crippen LogP contribution in [0.15, 0.2) is 57.9 Å². The average Bonchev–Trinajstić information content (AvgIpc) is 3.39. The van der Waals surface area contributed by atoms with E-state index in [1.54, 1.807) is 34.2 Å². The first-order valence-electron chi connectivity index (χ1n) is 9.48. The first-order chi connectivity index (χ1) is 14.1. The molecule has 1 amide bonds. The number of carbonyl (C=O) groups is 1. The molecule has 2 aromatic heterocycles. The lowest BCUT2D eigenvalue weighted by molar-refractivity contribution is 0.0676. The quantitative estimate of drug-likeness (QED) is 0.611. The fraction of sp³-hybridized carbons (Fsp3) is 0.286. The maximum absolute atomic E-state index is 13.0. The Labute approximate surface area is 178 Å². The molecule has 4 rings (SSSR count). The number of carbonyl (C=O) groups excluding carboxylic acids is 1. The lowest BCUT2D eigenvalue weighted by atomic mass is 10.1. The predicted molar refractivity (Wildman–Crippen MR) is 116 cm³/mol. The van der Waals surface area contributed by atoms with Gasteiger partial charge in [-0.25, -0.2) is 9.97 Å². The number of aliphatic hydroxyl groups excluding tert-OH is 1. The minimum Gasteiger partial charge on any atom is -0.394 e. The minimum absolute atomic E-state index is 0.00307. The van der Waals surface area contributed by atoms with Crippen LogP contribution < -0.4 is 5.32 Å². The van der Waals surface area contributed by atoms with Crippen LogP contribution in [-0.4, -0.2) is 45.1 Å². The molecule has 3 heterocycles. The van der Waals surface area contributed by atoms with Gasteiger partial charge < -0.3 is 15.3 Å². The largest absolute Gasteiger partial charge is 0.394 e. The van der Waals surface area contributed by atoms with Crippen LogP contribution in [0.4, 0.5) is 10.9 Å². The fourth-order valence-electron chi connectivity index (χ4n) is 3.37. The van der Waals surface area contributed by atoms with Gasteiger partial charge in [0.15, 0.2) is 5.13 Å². The summed E-state index contributed by atoms with van der Waals surface area (Å²) in [4.78, 5) is 24.5. The van der Waals surface area contributed by atoms with E-state index in [1.165, 1.54) is 0 Å². The first-order valence-corrected chi connectivity index (χ1v) is 11.1. The molecule has 29 heavy (non-hydrogen) atoms. The van der Waals surface area contributed by atoms with Gasteiger partial charge in [-0.15, -0.1) is 0 Å². The summed E-state index contributed by atoms with van der Waals surface area (Å²) in [5.74, 6) is 0.758. The van der Waals surface area contributed by atoms with Crippen molar-refractivity contribution in [1.82, 2.24) is 14.9 Å². The van der Waals surface area contributed by atoms with E-state index < -0.39 is 0 Å². The molecule has 0 bridgehead atoms. The van der Waals surface area contributed by atoms with Crippen molar-refractivity contribution < 1.29 is 9.90 Å². The molecule has 6 nitrogen and oxygen atoms in total. The second kappa shape index (κ2) is 8.94. The van der Waals surface area contributed by atoms with Gasteiger partial charge in [0, 0.05) is 23.2 Å². The van der Waals surface area contributed by atoms with Crippen LogP contribution in [0.5, 0.6) is 0 Å². The normalized spacial score (nSPS) is 16.2. The molecule has 1 saturated heterocycles. The van der Waals surface area contributed by atoms with Crippen LogP contribution in [0, 0.1) is 6.92 Å². The highest BCUT2D eigenvalue weighted by Gasteiger charge is 2.29.